The summed E-state index contributed by atoms with van der Waals surface area (Å²) in [6, 6.07) is 25.0. The van der Waals surface area contributed by atoms with Crippen LogP contribution in [0.15, 0.2) is 110 Å². The van der Waals surface area contributed by atoms with Gasteiger partial charge in [-0.05, 0) is 198 Å². The van der Waals surface area contributed by atoms with Crippen LogP contribution in [0.2, 0.25) is 0 Å². The quantitative estimate of drug-likeness (QED) is 0.160. The van der Waals surface area contributed by atoms with Gasteiger partial charge in [0, 0.05) is 29.7 Å². The van der Waals surface area contributed by atoms with Crippen LogP contribution in [-0.2, 0) is 17.9 Å². The van der Waals surface area contributed by atoms with E-state index in [1.807, 2.05) is 0 Å². The number of aromatic nitrogens is 2. The van der Waals surface area contributed by atoms with Gasteiger partial charge in [-0.2, -0.15) is 0 Å². The Morgan fingerprint density at radius 3 is 1.11 bits per heavy atom. The third-order valence-corrected chi connectivity index (χ3v) is 21.1. The smallest absolute Gasteiger partial charge is 0.266 e. The van der Waals surface area contributed by atoms with Crippen LogP contribution in [0.3, 0.4) is 0 Å². The molecule has 8 unspecified atom stereocenters. The predicted octanol–water partition coefficient (Wildman–Crippen LogP) is 13.9. The van der Waals surface area contributed by atoms with Crippen molar-refractivity contribution in [3.05, 3.63) is 175 Å². The largest absolute Gasteiger partial charge is 0.449 e. The normalized spacial score (nSPS) is 26.0. The lowest BCUT2D eigenvalue weighted by molar-refractivity contribution is 0.0102. The predicted molar refractivity (Wildman–Crippen MR) is 297 cm³/mol. The van der Waals surface area contributed by atoms with Crippen molar-refractivity contribution in [1.29, 1.82) is 0 Å². The molecule has 382 valence electrons. The van der Waals surface area contributed by atoms with E-state index in [9.17, 15) is 19.2 Å². The number of aryl methyl sites for hydroxylation is 3. The fraction of sp³-hybridized carbons (Fsp3) is 0.394. The van der Waals surface area contributed by atoms with Crippen LogP contribution in [0, 0.1) is 56.3 Å². The van der Waals surface area contributed by atoms with Crippen molar-refractivity contribution in [2.75, 3.05) is 0 Å². The van der Waals surface area contributed by atoms with Crippen molar-refractivity contribution in [3.63, 3.8) is 0 Å². The second-order valence-electron chi connectivity index (χ2n) is 24.8. The number of hydrogen-bond donors (Lipinski definition) is 0. The summed E-state index contributed by atoms with van der Waals surface area (Å²) in [6.45, 7) is 15.9. The lowest BCUT2D eigenvalue weighted by Gasteiger charge is -2.67. The molecule has 2 saturated carbocycles. The molecule has 4 heterocycles. The molecule has 4 aromatic heterocycles. The third-order valence-electron chi connectivity index (χ3n) is 21.1. The van der Waals surface area contributed by atoms with Crippen molar-refractivity contribution in [2.24, 2.45) is 42.6 Å². The molecule has 0 spiro atoms. The lowest BCUT2D eigenvalue weighted by atomic mass is 9.35. The average molecular weight is 1010 g/mol. The highest BCUT2D eigenvalue weighted by Gasteiger charge is 2.67. The summed E-state index contributed by atoms with van der Waals surface area (Å²) in [7, 11) is 1.49. The molecule has 10 nitrogen and oxygen atoms in total. The molecule has 8 atom stereocenters. The van der Waals surface area contributed by atoms with E-state index in [0.29, 0.717) is 101 Å². The maximum Gasteiger partial charge on any atom is 0.266 e. The van der Waals surface area contributed by atoms with Gasteiger partial charge >= 0.3 is 0 Å². The zero-order valence-electron chi connectivity index (χ0n) is 44.4. The molecule has 0 aliphatic heterocycles. The summed E-state index contributed by atoms with van der Waals surface area (Å²) in [4.78, 5) is 56.0. The standard InChI is InChI=1S/C66H60N2O8/c1-29(2)65-44-15-11-12-16-45(44)66(30(3)4,47-26-56-55(25-46(47)65)73-51-21-40-41(22-52(51)74-56)62(70)67(8)61(40)69)49-28-58-57(27-48(49)65)75-53-23-42-43(24-54(53)76-58)64(72)68(63(42)71)50-20-39-38(19-33(50)7)59-34-13-9-10-14-35(34)60(39)37-18-32(6)31(5)17-36(37)59/h17-30,34-35,44-45,59-60H,9-16H2,1-8H3. The molecule has 4 bridgehead atoms. The first kappa shape index (κ1) is 45.0. The van der Waals surface area contributed by atoms with E-state index in [1.54, 1.807) is 24.3 Å². The van der Waals surface area contributed by atoms with Crippen LogP contribution in [0.25, 0.3) is 71.9 Å². The van der Waals surface area contributed by atoms with Gasteiger partial charge in [0.2, 0.25) is 0 Å². The highest BCUT2D eigenvalue weighted by atomic mass is 16.4. The molecule has 8 aliphatic rings. The first-order chi connectivity index (χ1) is 36.6. The van der Waals surface area contributed by atoms with E-state index in [2.05, 4.69) is 97.0 Å². The van der Waals surface area contributed by atoms with Gasteiger partial charge < -0.3 is 17.7 Å². The molecule has 76 heavy (non-hydrogen) atoms. The average Bonchev–Trinajstić information content (AvgIpc) is 3.56. The Morgan fingerprint density at radius 2 is 0.737 bits per heavy atom. The highest BCUT2D eigenvalue weighted by Crippen LogP contribution is 2.72. The van der Waals surface area contributed by atoms with E-state index < -0.39 is 10.8 Å². The van der Waals surface area contributed by atoms with Gasteiger partial charge in [-0.3, -0.25) is 23.7 Å². The molecule has 10 aromatic rings. The van der Waals surface area contributed by atoms with Gasteiger partial charge in [-0.15, -0.1) is 0 Å². The third kappa shape index (κ3) is 5.25. The fourth-order valence-corrected chi connectivity index (χ4v) is 18.0. The molecule has 6 aromatic carbocycles. The summed E-state index contributed by atoms with van der Waals surface area (Å²) in [5, 5.41) is 1.24. The first-order valence-electron chi connectivity index (χ1n) is 28.0. The van der Waals surface area contributed by atoms with Crippen molar-refractivity contribution >= 4 is 66.2 Å². The zero-order chi connectivity index (χ0) is 51.9. The molecule has 0 radical (unpaired) electrons. The Bertz CT molecular complexity index is 4380. The van der Waals surface area contributed by atoms with Gasteiger partial charge in [0.15, 0.2) is 44.7 Å². The summed E-state index contributed by atoms with van der Waals surface area (Å²) >= 11 is 0. The molecule has 10 heteroatoms. The van der Waals surface area contributed by atoms with Gasteiger partial charge in [0.05, 0.1) is 27.2 Å². The minimum atomic E-state index is -0.447. The molecular formula is C66H60N2O8. The summed E-state index contributed by atoms with van der Waals surface area (Å²) < 4.78 is 29.9. The Balaban J connectivity index is 0.890. The number of hydrogen-bond acceptors (Lipinski definition) is 8. The molecule has 8 aliphatic carbocycles. The van der Waals surface area contributed by atoms with Crippen LogP contribution in [-0.4, -0.2) is 9.13 Å². The SMILES string of the molecule is Cc1cc2c(cc1C)C1c3cc(-n4c(=O)c5cc6oc7cc8c(cc7oc6cc5c4=O)C4(C(C)C)c5cc6oc7cc9c(=O)n(C)c(=O)c9cc7oc6cc5C8(C(C)C)C5CCCCC54)c(C)cc3C2C2CCCCC12. The number of nitrogens with zero attached hydrogens (tertiary/aromatic N) is 2. The Hall–Kier alpha value is -7.20. The fourth-order valence-electron chi connectivity index (χ4n) is 18.0. The minimum absolute atomic E-state index is 0.153. The van der Waals surface area contributed by atoms with Gasteiger partial charge in [-0.25, -0.2) is 4.57 Å². The number of benzene rings is 6. The maximum atomic E-state index is 14.9. The van der Waals surface area contributed by atoms with Crippen LogP contribution in [0.5, 0.6) is 0 Å². The zero-order valence-corrected chi connectivity index (χ0v) is 44.4. The van der Waals surface area contributed by atoms with Gasteiger partial charge in [-0.1, -0.05) is 71.6 Å². The summed E-state index contributed by atoms with van der Waals surface area (Å²) in [5.74, 6) is 2.66. The van der Waals surface area contributed by atoms with Crippen LogP contribution in [0.1, 0.15) is 152 Å². The number of fused-ring (bicyclic) bond motifs is 6. The molecule has 18 rings (SSSR count). The Kier molecular flexibility index (Phi) is 8.79. The van der Waals surface area contributed by atoms with Crippen molar-refractivity contribution in [1.82, 2.24) is 9.13 Å². The van der Waals surface area contributed by atoms with E-state index in [4.69, 9.17) is 17.7 Å². The van der Waals surface area contributed by atoms with E-state index in [-0.39, 0.29) is 40.0 Å². The molecule has 0 amide bonds. The first-order valence-corrected chi connectivity index (χ1v) is 28.0. The van der Waals surface area contributed by atoms with Crippen LogP contribution >= 0.6 is 0 Å². The minimum Gasteiger partial charge on any atom is -0.449 e. The Morgan fingerprint density at radius 1 is 0.421 bits per heavy atom. The van der Waals surface area contributed by atoms with Crippen molar-refractivity contribution in [2.45, 2.75) is 122 Å². The maximum absolute atomic E-state index is 14.9. The van der Waals surface area contributed by atoms with E-state index in [1.165, 1.54) is 92.9 Å². The monoisotopic (exact) mass is 1010 g/mol. The van der Waals surface area contributed by atoms with E-state index >= 15 is 0 Å². The van der Waals surface area contributed by atoms with Crippen LogP contribution < -0.4 is 22.2 Å². The summed E-state index contributed by atoms with van der Waals surface area (Å²) in [6.07, 6.45) is 9.40. The molecule has 2 fully saturated rings. The molecule has 0 saturated heterocycles. The second-order valence-corrected chi connectivity index (χ2v) is 24.8. The molecular weight excluding hydrogens is 949 g/mol. The second kappa shape index (κ2) is 14.8. The highest BCUT2D eigenvalue weighted by molar-refractivity contribution is 5.97. The number of rotatable bonds is 3. The van der Waals surface area contributed by atoms with Gasteiger partial charge in [0.25, 0.3) is 22.2 Å². The van der Waals surface area contributed by atoms with Crippen molar-refractivity contribution in [3.8, 4) is 5.69 Å². The Labute approximate surface area is 437 Å². The van der Waals surface area contributed by atoms with Crippen molar-refractivity contribution < 1.29 is 17.7 Å². The summed E-state index contributed by atoms with van der Waals surface area (Å²) in [5.41, 5.74) is 16.3. The topological polar surface area (TPSA) is 131 Å². The van der Waals surface area contributed by atoms with Gasteiger partial charge in [0.1, 0.15) is 0 Å². The van der Waals surface area contributed by atoms with E-state index in [0.717, 1.165) is 35.8 Å². The lowest BCUT2D eigenvalue weighted by Crippen LogP contribution is -2.64. The molecule has 0 N–H and O–H groups in total. The van der Waals surface area contributed by atoms with Crippen LogP contribution in [0.4, 0.5) is 0 Å².